The van der Waals surface area contributed by atoms with E-state index in [1.54, 1.807) is 19.1 Å². The van der Waals surface area contributed by atoms with Gasteiger partial charge in [0, 0.05) is 24.7 Å². The van der Waals surface area contributed by atoms with Crippen molar-refractivity contribution in [1.82, 2.24) is 20.2 Å². The molecule has 3 aromatic carbocycles. The SMILES string of the molecule is COc1cc(OCc2ccccc2)ccc1-c1cc(N(C)c2nc3ccc(F)cc3c(=O)[nH]2)n[nH]1. The molecular formula is C26H22FN5O3. The number of nitrogens with zero attached hydrogens (tertiary/aromatic N) is 3. The summed E-state index contributed by atoms with van der Waals surface area (Å²) in [5.41, 5.74) is 2.54. The smallest absolute Gasteiger partial charge is 0.260 e. The Morgan fingerprint density at radius 2 is 1.86 bits per heavy atom. The highest BCUT2D eigenvalue weighted by Crippen LogP contribution is 2.34. The molecule has 0 aliphatic rings. The topological polar surface area (TPSA) is 96.1 Å². The zero-order valence-electron chi connectivity index (χ0n) is 19.1. The van der Waals surface area contributed by atoms with Gasteiger partial charge >= 0.3 is 0 Å². The molecule has 35 heavy (non-hydrogen) atoms. The molecule has 176 valence electrons. The van der Waals surface area contributed by atoms with Crippen LogP contribution in [-0.4, -0.2) is 34.3 Å². The standard InChI is InChI=1S/C26H22FN5O3/c1-32(26-28-21-11-8-17(27)12-20(21)25(33)29-26)24-14-22(30-31-24)19-10-9-18(13-23(19)34-2)35-15-16-6-4-3-5-7-16/h3-14H,15H2,1-2H3,(H,30,31)(H,28,29,33). The molecule has 0 bridgehead atoms. The van der Waals surface area contributed by atoms with Crippen molar-refractivity contribution < 1.29 is 13.9 Å². The maximum Gasteiger partial charge on any atom is 0.260 e. The Hall–Kier alpha value is -4.66. The molecule has 0 saturated carbocycles. The number of hydrogen-bond donors (Lipinski definition) is 2. The fourth-order valence-corrected chi connectivity index (χ4v) is 3.71. The molecule has 0 atom stereocenters. The first-order valence-corrected chi connectivity index (χ1v) is 10.9. The number of nitrogens with one attached hydrogen (secondary N) is 2. The lowest BCUT2D eigenvalue weighted by molar-refractivity contribution is 0.304. The van der Waals surface area contributed by atoms with Gasteiger partial charge in [-0.05, 0) is 35.9 Å². The van der Waals surface area contributed by atoms with Crippen molar-refractivity contribution in [1.29, 1.82) is 0 Å². The van der Waals surface area contributed by atoms with E-state index in [-0.39, 0.29) is 11.3 Å². The zero-order chi connectivity index (χ0) is 24.4. The van der Waals surface area contributed by atoms with E-state index in [4.69, 9.17) is 9.47 Å². The fraction of sp³-hybridized carbons (Fsp3) is 0.115. The lowest BCUT2D eigenvalue weighted by Crippen LogP contribution is -2.19. The number of methoxy groups -OCH3 is 1. The summed E-state index contributed by atoms with van der Waals surface area (Å²) < 4.78 is 25.0. The van der Waals surface area contributed by atoms with Crippen LogP contribution in [0.4, 0.5) is 16.2 Å². The minimum absolute atomic E-state index is 0.184. The normalized spacial score (nSPS) is 10.9. The van der Waals surface area contributed by atoms with Crippen LogP contribution < -0.4 is 19.9 Å². The molecule has 9 heteroatoms. The van der Waals surface area contributed by atoms with Gasteiger partial charge < -0.3 is 9.47 Å². The minimum Gasteiger partial charge on any atom is -0.496 e. The van der Waals surface area contributed by atoms with E-state index in [1.807, 2.05) is 54.6 Å². The number of fused-ring (bicyclic) bond motifs is 1. The Kier molecular flexibility index (Phi) is 5.88. The Labute approximate surface area is 200 Å². The Morgan fingerprint density at radius 3 is 2.66 bits per heavy atom. The molecule has 0 fully saturated rings. The van der Waals surface area contributed by atoms with Crippen molar-refractivity contribution in [2.24, 2.45) is 0 Å². The first-order chi connectivity index (χ1) is 17.0. The fourth-order valence-electron chi connectivity index (χ4n) is 3.71. The van der Waals surface area contributed by atoms with Gasteiger partial charge in [0.1, 0.15) is 23.9 Å². The molecule has 8 nitrogen and oxygen atoms in total. The van der Waals surface area contributed by atoms with Gasteiger partial charge in [-0.1, -0.05) is 30.3 Å². The van der Waals surface area contributed by atoms with E-state index in [1.165, 1.54) is 12.1 Å². The van der Waals surface area contributed by atoms with Crippen molar-refractivity contribution in [3.8, 4) is 22.8 Å². The number of aromatic amines is 2. The minimum atomic E-state index is -0.492. The first kappa shape index (κ1) is 22.1. The highest BCUT2D eigenvalue weighted by molar-refractivity contribution is 5.79. The predicted molar refractivity (Wildman–Crippen MR) is 132 cm³/mol. The van der Waals surface area contributed by atoms with Crippen LogP contribution in [-0.2, 0) is 6.61 Å². The second-order valence-corrected chi connectivity index (χ2v) is 7.89. The summed E-state index contributed by atoms with van der Waals surface area (Å²) in [6.07, 6.45) is 0. The van der Waals surface area contributed by atoms with Crippen LogP contribution in [0, 0.1) is 5.82 Å². The van der Waals surface area contributed by atoms with Crippen LogP contribution in [0.2, 0.25) is 0 Å². The summed E-state index contributed by atoms with van der Waals surface area (Å²) in [6.45, 7) is 0.450. The molecule has 2 heterocycles. The molecular weight excluding hydrogens is 449 g/mol. The molecule has 5 rings (SSSR count). The summed E-state index contributed by atoms with van der Waals surface area (Å²) in [6, 6.07) is 21.2. The summed E-state index contributed by atoms with van der Waals surface area (Å²) in [5.74, 6) is 1.61. The number of rotatable bonds is 7. The van der Waals surface area contributed by atoms with Crippen molar-refractivity contribution >= 4 is 22.7 Å². The number of hydrogen-bond acceptors (Lipinski definition) is 6. The Morgan fingerprint density at radius 1 is 1.03 bits per heavy atom. The molecule has 2 aromatic heterocycles. The van der Waals surface area contributed by atoms with Gasteiger partial charge in [0.25, 0.3) is 5.56 Å². The highest BCUT2D eigenvalue weighted by Gasteiger charge is 2.16. The van der Waals surface area contributed by atoms with Gasteiger partial charge in [-0.25, -0.2) is 9.37 Å². The van der Waals surface area contributed by atoms with E-state index >= 15 is 0 Å². The average molecular weight is 471 g/mol. The van der Waals surface area contributed by atoms with E-state index in [2.05, 4.69) is 20.2 Å². The van der Waals surface area contributed by atoms with Crippen molar-refractivity contribution in [3.63, 3.8) is 0 Å². The number of H-pyrrole nitrogens is 2. The lowest BCUT2D eigenvalue weighted by atomic mass is 10.1. The first-order valence-electron chi connectivity index (χ1n) is 10.9. The van der Waals surface area contributed by atoms with Crippen molar-refractivity contribution in [2.45, 2.75) is 6.61 Å². The average Bonchev–Trinajstić information content (AvgIpc) is 3.38. The maximum absolute atomic E-state index is 13.5. The van der Waals surface area contributed by atoms with Crippen LogP contribution in [0.5, 0.6) is 11.5 Å². The second kappa shape index (κ2) is 9.30. The van der Waals surface area contributed by atoms with Gasteiger partial charge in [0.2, 0.25) is 5.95 Å². The summed E-state index contributed by atoms with van der Waals surface area (Å²) >= 11 is 0. The largest absolute Gasteiger partial charge is 0.496 e. The molecule has 5 aromatic rings. The van der Waals surface area contributed by atoms with Gasteiger partial charge in [-0.2, -0.15) is 5.10 Å². The van der Waals surface area contributed by atoms with Gasteiger partial charge in [0.05, 0.1) is 23.7 Å². The molecule has 0 unspecified atom stereocenters. The summed E-state index contributed by atoms with van der Waals surface area (Å²) in [5, 5.41) is 7.55. The Balaban J connectivity index is 1.39. The number of ether oxygens (including phenoxy) is 2. The third-order valence-corrected chi connectivity index (χ3v) is 5.59. The predicted octanol–water partition coefficient (Wildman–Crippen LogP) is 4.81. The van der Waals surface area contributed by atoms with Crippen LogP contribution >= 0.6 is 0 Å². The Bertz CT molecular complexity index is 1550. The maximum atomic E-state index is 13.5. The van der Waals surface area contributed by atoms with Crippen molar-refractivity contribution in [2.75, 3.05) is 19.1 Å². The molecule has 0 saturated heterocycles. The van der Waals surface area contributed by atoms with Gasteiger partial charge in [-0.3, -0.25) is 19.8 Å². The third-order valence-electron chi connectivity index (χ3n) is 5.59. The highest BCUT2D eigenvalue weighted by atomic mass is 19.1. The third kappa shape index (κ3) is 4.56. The zero-order valence-corrected chi connectivity index (χ0v) is 19.1. The molecule has 0 radical (unpaired) electrons. The molecule has 0 spiro atoms. The van der Waals surface area contributed by atoms with Crippen LogP contribution in [0.3, 0.4) is 0 Å². The van der Waals surface area contributed by atoms with E-state index < -0.39 is 11.4 Å². The van der Waals surface area contributed by atoms with E-state index in [9.17, 15) is 9.18 Å². The number of aromatic nitrogens is 4. The molecule has 0 amide bonds. The quantitative estimate of drug-likeness (QED) is 0.354. The number of anilines is 2. The van der Waals surface area contributed by atoms with Crippen LogP contribution in [0.1, 0.15) is 5.56 Å². The van der Waals surface area contributed by atoms with Crippen LogP contribution in [0.15, 0.2) is 77.6 Å². The molecule has 0 aliphatic carbocycles. The number of halogens is 1. The number of benzene rings is 3. The summed E-state index contributed by atoms with van der Waals surface area (Å²) in [4.78, 5) is 21.2. The van der Waals surface area contributed by atoms with E-state index in [0.29, 0.717) is 35.1 Å². The molecule has 0 aliphatic heterocycles. The second-order valence-electron chi connectivity index (χ2n) is 7.89. The molecule has 2 N–H and O–H groups in total. The van der Waals surface area contributed by atoms with Crippen molar-refractivity contribution in [3.05, 3.63) is 94.5 Å². The van der Waals surface area contributed by atoms with Gasteiger partial charge in [-0.15, -0.1) is 0 Å². The van der Waals surface area contributed by atoms with Crippen LogP contribution in [0.25, 0.3) is 22.2 Å². The lowest BCUT2D eigenvalue weighted by Gasteiger charge is -2.14. The monoisotopic (exact) mass is 471 g/mol. The van der Waals surface area contributed by atoms with Gasteiger partial charge in [0.15, 0.2) is 5.82 Å². The summed E-state index contributed by atoms with van der Waals surface area (Å²) in [7, 11) is 3.32. The van der Waals surface area contributed by atoms with E-state index in [0.717, 1.165) is 17.2 Å².